The Labute approximate surface area is 91.6 Å². The molecule has 0 nitrogen and oxygen atoms in total. The molecule has 1 heterocycles. The van der Waals surface area contributed by atoms with E-state index in [-0.39, 0.29) is 0 Å². The standard InChI is InChI=1S/C13H27P/c1-4-6-8-12-10-11-13(14(12)3)9-7-5-2/h12-13H,4-11H2,1-3H3. The van der Waals surface area contributed by atoms with Crippen LogP contribution in [0, 0.1) is 0 Å². The van der Waals surface area contributed by atoms with E-state index < -0.39 is 0 Å². The fourth-order valence-electron chi connectivity index (χ4n) is 2.67. The summed E-state index contributed by atoms with van der Waals surface area (Å²) in [5.41, 5.74) is 2.26. The fourth-order valence-corrected chi connectivity index (χ4v) is 5.55. The molecule has 1 saturated heterocycles. The first-order valence-electron chi connectivity index (χ1n) is 6.51. The number of unbranched alkanes of at least 4 members (excludes halogenated alkanes) is 2. The van der Waals surface area contributed by atoms with Gasteiger partial charge in [-0.2, -0.15) is 0 Å². The Hall–Kier alpha value is 0.430. The van der Waals surface area contributed by atoms with Crippen molar-refractivity contribution in [3.05, 3.63) is 0 Å². The molecule has 14 heavy (non-hydrogen) atoms. The van der Waals surface area contributed by atoms with Crippen LogP contribution in [0.25, 0.3) is 0 Å². The van der Waals surface area contributed by atoms with E-state index in [1.54, 1.807) is 12.8 Å². The topological polar surface area (TPSA) is 0 Å². The molecule has 0 aromatic heterocycles. The summed E-state index contributed by atoms with van der Waals surface area (Å²) >= 11 is 0. The molecule has 1 fully saturated rings. The Kier molecular flexibility index (Phi) is 6.10. The summed E-state index contributed by atoms with van der Waals surface area (Å²) in [5.74, 6) is 0. The third kappa shape index (κ3) is 3.54. The molecule has 2 unspecified atom stereocenters. The Bertz CT molecular complexity index is 128. The summed E-state index contributed by atoms with van der Waals surface area (Å²) in [5, 5.41) is 0. The fraction of sp³-hybridized carbons (Fsp3) is 1.00. The minimum atomic E-state index is 0.385. The van der Waals surface area contributed by atoms with Gasteiger partial charge in [-0.1, -0.05) is 39.5 Å². The van der Waals surface area contributed by atoms with Crippen molar-refractivity contribution < 1.29 is 0 Å². The summed E-state index contributed by atoms with van der Waals surface area (Å²) in [6.45, 7) is 7.21. The molecule has 0 radical (unpaired) electrons. The van der Waals surface area contributed by atoms with E-state index in [4.69, 9.17) is 0 Å². The van der Waals surface area contributed by atoms with Crippen molar-refractivity contribution >= 4 is 7.92 Å². The van der Waals surface area contributed by atoms with Gasteiger partial charge in [-0.25, -0.2) is 0 Å². The summed E-state index contributed by atoms with van der Waals surface area (Å²) < 4.78 is 0. The van der Waals surface area contributed by atoms with E-state index in [1.165, 1.54) is 38.5 Å². The van der Waals surface area contributed by atoms with Crippen LogP contribution in [0.1, 0.15) is 65.2 Å². The predicted molar refractivity (Wildman–Crippen MR) is 68.7 cm³/mol. The van der Waals surface area contributed by atoms with Crippen LogP contribution < -0.4 is 0 Å². The Morgan fingerprint density at radius 2 is 1.36 bits per heavy atom. The van der Waals surface area contributed by atoms with Crippen molar-refractivity contribution in [2.75, 3.05) is 6.66 Å². The van der Waals surface area contributed by atoms with Gasteiger partial charge in [0.1, 0.15) is 0 Å². The second kappa shape index (κ2) is 6.83. The highest BCUT2D eigenvalue weighted by Gasteiger charge is 2.30. The zero-order valence-electron chi connectivity index (χ0n) is 10.3. The van der Waals surface area contributed by atoms with E-state index in [0.29, 0.717) is 7.92 Å². The van der Waals surface area contributed by atoms with Crippen LogP contribution in [-0.4, -0.2) is 18.0 Å². The average molecular weight is 214 g/mol. The van der Waals surface area contributed by atoms with Crippen molar-refractivity contribution in [2.24, 2.45) is 0 Å². The van der Waals surface area contributed by atoms with Crippen molar-refractivity contribution in [1.29, 1.82) is 0 Å². The molecule has 0 bridgehead atoms. The molecule has 84 valence electrons. The minimum absolute atomic E-state index is 0.385. The largest absolute Gasteiger partial charge is 0.104 e. The van der Waals surface area contributed by atoms with E-state index in [2.05, 4.69) is 20.5 Å². The van der Waals surface area contributed by atoms with Gasteiger partial charge in [0.05, 0.1) is 0 Å². The van der Waals surface area contributed by atoms with Crippen LogP contribution in [0.2, 0.25) is 0 Å². The van der Waals surface area contributed by atoms with Gasteiger partial charge in [-0.05, 0) is 43.7 Å². The Balaban J connectivity index is 2.24. The third-order valence-electron chi connectivity index (χ3n) is 3.77. The summed E-state index contributed by atoms with van der Waals surface area (Å²) in [6, 6.07) is 0. The van der Waals surface area contributed by atoms with Crippen LogP contribution >= 0.6 is 7.92 Å². The molecule has 0 amide bonds. The molecule has 0 N–H and O–H groups in total. The van der Waals surface area contributed by atoms with E-state index in [0.717, 1.165) is 11.3 Å². The quantitative estimate of drug-likeness (QED) is 0.545. The van der Waals surface area contributed by atoms with Crippen LogP contribution in [0.3, 0.4) is 0 Å². The zero-order valence-corrected chi connectivity index (χ0v) is 11.2. The highest BCUT2D eigenvalue weighted by Crippen LogP contribution is 2.55. The zero-order chi connectivity index (χ0) is 10.4. The predicted octanol–water partition coefficient (Wildman–Crippen LogP) is 5.01. The summed E-state index contributed by atoms with van der Waals surface area (Å²) in [6.07, 6.45) is 11.9. The second-order valence-electron chi connectivity index (χ2n) is 4.83. The number of hydrogen-bond acceptors (Lipinski definition) is 0. The lowest BCUT2D eigenvalue weighted by Gasteiger charge is -2.21. The number of hydrogen-bond donors (Lipinski definition) is 0. The van der Waals surface area contributed by atoms with Gasteiger partial charge in [-0.3, -0.25) is 0 Å². The van der Waals surface area contributed by atoms with Crippen LogP contribution in [0.4, 0.5) is 0 Å². The molecule has 2 atom stereocenters. The Morgan fingerprint density at radius 3 is 1.71 bits per heavy atom. The molecule has 0 aromatic carbocycles. The average Bonchev–Trinajstić information content (AvgIpc) is 2.54. The van der Waals surface area contributed by atoms with Crippen LogP contribution in [-0.2, 0) is 0 Å². The van der Waals surface area contributed by atoms with E-state index >= 15 is 0 Å². The first-order valence-corrected chi connectivity index (χ1v) is 8.44. The molecule has 1 aliphatic heterocycles. The van der Waals surface area contributed by atoms with Gasteiger partial charge in [-0.15, -0.1) is 7.92 Å². The van der Waals surface area contributed by atoms with Crippen molar-refractivity contribution in [3.63, 3.8) is 0 Å². The highest BCUT2D eigenvalue weighted by atomic mass is 31.1. The van der Waals surface area contributed by atoms with Gasteiger partial charge in [0, 0.05) is 0 Å². The van der Waals surface area contributed by atoms with E-state index in [9.17, 15) is 0 Å². The van der Waals surface area contributed by atoms with Crippen LogP contribution in [0.15, 0.2) is 0 Å². The molecule has 0 spiro atoms. The lowest BCUT2D eigenvalue weighted by atomic mass is 10.1. The molecule has 1 rings (SSSR count). The molecule has 0 aliphatic carbocycles. The van der Waals surface area contributed by atoms with Crippen LogP contribution in [0.5, 0.6) is 0 Å². The first kappa shape index (κ1) is 12.5. The van der Waals surface area contributed by atoms with Gasteiger partial charge >= 0.3 is 0 Å². The molecular weight excluding hydrogens is 187 g/mol. The maximum atomic E-state index is 2.57. The Morgan fingerprint density at radius 1 is 0.929 bits per heavy atom. The monoisotopic (exact) mass is 214 g/mol. The normalized spacial score (nSPS) is 32.4. The molecule has 0 saturated carbocycles. The minimum Gasteiger partial charge on any atom is -0.104 e. The van der Waals surface area contributed by atoms with Crippen molar-refractivity contribution in [1.82, 2.24) is 0 Å². The molecular formula is C13H27P. The second-order valence-corrected chi connectivity index (χ2v) is 7.63. The maximum absolute atomic E-state index is 2.57. The molecule has 1 aliphatic rings. The van der Waals surface area contributed by atoms with Gasteiger partial charge in [0.2, 0.25) is 0 Å². The summed E-state index contributed by atoms with van der Waals surface area (Å²) in [7, 11) is 0.385. The first-order chi connectivity index (χ1) is 6.79. The SMILES string of the molecule is CCCCC1CCC(CCCC)P1C. The lowest BCUT2D eigenvalue weighted by Crippen LogP contribution is -2.02. The number of rotatable bonds is 6. The van der Waals surface area contributed by atoms with Crippen molar-refractivity contribution in [3.8, 4) is 0 Å². The summed E-state index contributed by atoms with van der Waals surface area (Å²) in [4.78, 5) is 0. The third-order valence-corrected chi connectivity index (χ3v) is 7.10. The van der Waals surface area contributed by atoms with Gasteiger partial charge in [0.25, 0.3) is 0 Å². The maximum Gasteiger partial charge on any atom is -0.0209 e. The van der Waals surface area contributed by atoms with Crippen molar-refractivity contribution in [2.45, 2.75) is 76.5 Å². The molecule has 1 heteroatoms. The van der Waals surface area contributed by atoms with E-state index in [1.807, 2.05) is 0 Å². The lowest BCUT2D eigenvalue weighted by molar-refractivity contribution is 0.618. The van der Waals surface area contributed by atoms with Gasteiger partial charge in [0.15, 0.2) is 0 Å². The highest BCUT2D eigenvalue weighted by molar-refractivity contribution is 7.58. The van der Waals surface area contributed by atoms with Gasteiger partial charge < -0.3 is 0 Å². The molecule has 0 aromatic rings. The smallest absolute Gasteiger partial charge is 0.0209 e.